The van der Waals surface area contributed by atoms with Crippen LogP contribution in [0, 0.1) is 0 Å². The van der Waals surface area contributed by atoms with E-state index in [1.165, 1.54) is 302 Å². The molecule has 1 amide bonds. The summed E-state index contributed by atoms with van der Waals surface area (Å²) in [5.41, 5.74) is 0. The minimum absolute atomic E-state index is 0.0112. The zero-order chi connectivity index (χ0) is 53.6. The van der Waals surface area contributed by atoms with E-state index < -0.39 is 12.1 Å². The van der Waals surface area contributed by atoms with Crippen molar-refractivity contribution in [2.45, 2.75) is 386 Å². The maximum absolute atomic E-state index is 12.5. The predicted molar refractivity (Wildman–Crippen MR) is 324 cm³/mol. The van der Waals surface area contributed by atoms with Crippen molar-refractivity contribution >= 4 is 11.9 Å². The lowest BCUT2D eigenvalue weighted by Gasteiger charge is -2.20. The summed E-state index contributed by atoms with van der Waals surface area (Å²) < 4.78 is 5.50. The van der Waals surface area contributed by atoms with Crippen LogP contribution in [-0.4, -0.2) is 47.4 Å². The van der Waals surface area contributed by atoms with Crippen molar-refractivity contribution in [2.24, 2.45) is 0 Å². The average molecular weight is 1040 g/mol. The summed E-state index contributed by atoms with van der Waals surface area (Å²) in [5, 5.41) is 23.2. The first-order valence-electron chi connectivity index (χ1n) is 33.6. The van der Waals surface area contributed by atoms with Crippen molar-refractivity contribution in [3.63, 3.8) is 0 Å². The zero-order valence-electron chi connectivity index (χ0n) is 50.1. The van der Waals surface area contributed by atoms with Crippen LogP contribution in [0.2, 0.25) is 0 Å². The van der Waals surface area contributed by atoms with E-state index in [1.54, 1.807) is 6.08 Å². The zero-order valence-corrected chi connectivity index (χ0v) is 50.1. The van der Waals surface area contributed by atoms with E-state index >= 15 is 0 Å². The Morgan fingerprint density at radius 2 is 0.635 bits per heavy atom. The fraction of sp³-hybridized carbons (Fsp3) is 0.912. The van der Waals surface area contributed by atoms with Crippen LogP contribution in [-0.2, 0) is 14.3 Å². The summed E-state index contributed by atoms with van der Waals surface area (Å²) >= 11 is 0. The van der Waals surface area contributed by atoms with E-state index in [4.69, 9.17) is 4.74 Å². The van der Waals surface area contributed by atoms with E-state index in [9.17, 15) is 19.8 Å². The van der Waals surface area contributed by atoms with Gasteiger partial charge in [-0.05, 0) is 57.8 Å². The Bertz CT molecular complexity index is 1150. The molecule has 0 aromatic heterocycles. The van der Waals surface area contributed by atoms with Gasteiger partial charge in [-0.25, -0.2) is 0 Å². The summed E-state index contributed by atoms with van der Waals surface area (Å²) in [6, 6.07) is -0.627. The molecule has 0 saturated heterocycles. The summed E-state index contributed by atoms with van der Waals surface area (Å²) in [6.45, 7) is 4.93. The molecule has 74 heavy (non-hydrogen) atoms. The van der Waals surface area contributed by atoms with Crippen molar-refractivity contribution in [3.8, 4) is 0 Å². The number of aliphatic hydroxyl groups excluding tert-OH is 2. The van der Waals surface area contributed by atoms with Crippen LogP contribution in [0.1, 0.15) is 373 Å². The Morgan fingerprint density at radius 3 is 0.959 bits per heavy atom. The molecule has 0 heterocycles. The first-order valence-corrected chi connectivity index (χ1v) is 33.6. The number of amides is 1. The number of esters is 1. The maximum Gasteiger partial charge on any atom is 0.305 e. The fourth-order valence-electron chi connectivity index (χ4n) is 10.6. The third-order valence-electron chi connectivity index (χ3n) is 15.7. The van der Waals surface area contributed by atoms with E-state index in [-0.39, 0.29) is 18.5 Å². The van der Waals surface area contributed by atoms with Crippen LogP contribution in [0.5, 0.6) is 0 Å². The van der Waals surface area contributed by atoms with Gasteiger partial charge in [-0.15, -0.1) is 0 Å². The van der Waals surface area contributed by atoms with Gasteiger partial charge >= 0.3 is 5.97 Å². The molecule has 0 aromatic rings. The van der Waals surface area contributed by atoms with Gasteiger partial charge in [0.25, 0.3) is 0 Å². The molecule has 0 radical (unpaired) electrons. The molecule has 0 aliphatic rings. The van der Waals surface area contributed by atoms with Crippen molar-refractivity contribution in [1.82, 2.24) is 5.32 Å². The molecule has 0 aliphatic heterocycles. The van der Waals surface area contributed by atoms with Gasteiger partial charge in [-0.2, -0.15) is 0 Å². The number of hydrogen-bond acceptors (Lipinski definition) is 5. The maximum atomic E-state index is 12.5. The van der Waals surface area contributed by atoms with Crippen LogP contribution in [0.25, 0.3) is 0 Å². The molecular formula is C68H131NO5. The van der Waals surface area contributed by atoms with Crippen LogP contribution in [0.4, 0.5) is 0 Å². The number of nitrogens with one attached hydrogen (secondary N) is 1. The molecule has 0 rings (SSSR count). The lowest BCUT2D eigenvalue weighted by molar-refractivity contribution is -0.143. The standard InChI is InChI=1S/C68H131NO5/c1-3-5-7-9-11-13-15-17-19-28-32-36-40-44-48-52-56-60-66(71)65(64-70)69-67(72)61-57-53-49-45-41-37-33-30-26-24-22-21-23-25-27-31-35-39-43-47-51-55-59-63-74-68(73)62-58-54-50-46-42-38-34-29-20-18-16-14-12-10-8-6-4-2/h18,20,56,60,65-66,70-71H,3-17,19,21-55,57-59,61-64H2,1-2H3,(H,69,72)/b20-18-,60-56+. The monoisotopic (exact) mass is 1040 g/mol. The Hall–Kier alpha value is -1.66. The molecule has 0 aromatic carbocycles. The van der Waals surface area contributed by atoms with E-state index in [0.717, 1.165) is 44.9 Å². The number of unbranched alkanes of at least 4 members (excludes halogenated alkanes) is 50. The Balaban J connectivity index is 3.38. The van der Waals surface area contributed by atoms with Crippen molar-refractivity contribution in [2.75, 3.05) is 13.2 Å². The molecule has 6 heteroatoms. The summed E-state index contributed by atoms with van der Waals surface area (Å²) in [7, 11) is 0. The van der Waals surface area contributed by atoms with Crippen molar-refractivity contribution in [1.29, 1.82) is 0 Å². The topological polar surface area (TPSA) is 95.9 Å². The van der Waals surface area contributed by atoms with Gasteiger partial charge in [0.2, 0.25) is 5.91 Å². The molecule has 3 N–H and O–H groups in total. The number of carbonyl (C=O) groups excluding carboxylic acids is 2. The molecule has 2 unspecified atom stereocenters. The highest BCUT2D eigenvalue weighted by Crippen LogP contribution is 2.18. The molecule has 0 bridgehead atoms. The Morgan fingerprint density at radius 1 is 0.365 bits per heavy atom. The number of rotatable bonds is 63. The van der Waals surface area contributed by atoms with Gasteiger partial charge in [-0.1, -0.05) is 327 Å². The fourth-order valence-corrected chi connectivity index (χ4v) is 10.6. The minimum atomic E-state index is -0.844. The largest absolute Gasteiger partial charge is 0.466 e. The van der Waals surface area contributed by atoms with Crippen LogP contribution in [0.3, 0.4) is 0 Å². The second-order valence-electron chi connectivity index (χ2n) is 23.2. The lowest BCUT2D eigenvalue weighted by atomic mass is 10.0. The number of allylic oxidation sites excluding steroid dienone is 3. The third-order valence-corrected chi connectivity index (χ3v) is 15.7. The molecular weight excluding hydrogens is 911 g/mol. The average Bonchev–Trinajstić information content (AvgIpc) is 3.40. The van der Waals surface area contributed by atoms with Crippen LogP contribution >= 0.6 is 0 Å². The van der Waals surface area contributed by atoms with Gasteiger partial charge in [0.05, 0.1) is 25.4 Å². The number of carbonyl (C=O) groups is 2. The van der Waals surface area contributed by atoms with E-state index in [2.05, 4.69) is 31.3 Å². The van der Waals surface area contributed by atoms with E-state index in [0.29, 0.717) is 19.4 Å². The SMILES string of the molecule is CCCCCCCC/C=C\CCCCCCCCCC(=O)OCCCCCCCCCCCCCCCCCCCCCCCCCC(=O)NC(CO)C(O)/C=C/CCCCCCCCCCCCCCCCC. The Labute approximate surface area is 462 Å². The van der Waals surface area contributed by atoms with Gasteiger partial charge in [0.15, 0.2) is 0 Å². The Kier molecular flexibility index (Phi) is 62.4. The highest BCUT2D eigenvalue weighted by atomic mass is 16.5. The highest BCUT2D eigenvalue weighted by molar-refractivity contribution is 5.76. The second-order valence-corrected chi connectivity index (χ2v) is 23.2. The second kappa shape index (κ2) is 63.9. The van der Waals surface area contributed by atoms with E-state index in [1.807, 2.05) is 6.08 Å². The molecule has 0 saturated carbocycles. The molecule has 0 fully saturated rings. The van der Waals surface area contributed by atoms with Gasteiger partial charge in [0, 0.05) is 12.8 Å². The predicted octanol–water partition coefficient (Wildman–Crippen LogP) is 21.4. The van der Waals surface area contributed by atoms with Crippen molar-refractivity contribution in [3.05, 3.63) is 24.3 Å². The first kappa shape index (κ1) is 72.3. The summed E-state index contributed by atoms with van der Waals surface area (Å²) in [4.78, 5) is 24.6. The summed E-state index contributed by atoms with van der Waals surface area (Å²) in [5.74, 6) is -0.0534. The lowest BCUT2D eigenvalue weighted by Crippen LogP contribution is -2.45. The molecule has 0 aliphatic carbocycles. The van der Waals surface area contributed by atoms with Crippen LogP contribution < -0.4 is 5.32 Å². The molecule has 2 atom stereocenters. The van der Waals surface area contributed by atoms with Crippen molar-refractivity contribution < 1.29 is 24.5 Å². The molecule has 6 nitrogen and oxygen atoms in total. The number of aliphatic hydroxyl groups is 2. The molecule has 0 spiro atoms. The first-order chi connectivity index (χ1) is 36.5. The smallest absolute Gasteiger partial charge is 0.305 e. The van der Waals surface area contributed by atoms with Gasteiger partial charge in [-0.3, -0.25) is 9.59 Å². The number of ether oxygens (including phenoxy) is 1. The molecule has 438 valence electrons. The van der Waals surface area contributed by atoms with Gasteiger partial charge < -0.3 is 20.3 Å². The highest BCUT2D eigenvalue weighted by Gasteiger charge is 2.18. The number of hydrogen-bond donors (Lipinski definition) is 3. The summed E-state index contributed by atoms with van der Waals surface area (Å²) in [6.07, 6.45) is 79.5. The third kappa shape index (κ3) is 59.6. The minimum Gasteiger partial charge on any atom is -0.466 e. The van der Waals surface area contributed by atoms with Crippen LogP contribution in [0.15, 0.2) is 24.3 Å². The van der Waals surface area contributed by atoms with Gasteiger partial charge in [0.1, 0.15) is 0 Å². The quantitative estimate of drug-likeness (QED) is 0.0320. The normalized spacial score (nSPS) is 12.6.